The van der Waals surface area contributed by atoms with Crippen molar-refractivity contribution in [1.29, 1.82) is 5.26 Å². The van der Waals surface area contributed by atoms with E-state index in [1.807, 2.05) is 18.2 Å². The highest BCUT2D eigenvalue weighted by Gasteiger charge is 2.18. The molecule has 0 aliphatic rings. The molecular weight excluding hydrogens is 451 g/mol. The van der Waals surface area contributed by atoms with Crippen LogP contribution in [0.25, 0.3) is 11.3 Å². The molecule has 2 aromatic carbocycles. The number of H-pyrrole nitrogens is 1. The van der Waals surface area contributed by atoms with Crippen LogP contribution in [0.4, 0.5) is 0 Å². The molecule has 0 fully saturated rings. The van der Waals surface area contributed by atoms with Gasteiger partial charge >= 0.3 is 0 Å². The molecule has 0 radical (unpaired) electrons. The van der Waals surface area contributed by atoms with Crippen molar-refractivity contribution in [3.8, 4) is 17.3 Å². The normalized spacial score (nSPS) is 10.6. The first kappa shape index (κ1) is 17.7. The van der Waals surface area contributed by atoms with Crippen molar-refractivity contribution in [1.82, 2.24) is 4.98 Å². The fourth-order valence-electron chi connectivity index (χ4n) is 2.12. The molecule has 0 unspecified atom stereocenters. The van der Waals surface area contributed by atoms with E-state index < -0.39 is 0 Å². The smallest absolute Gasteiger partial charge is 0.103 e. The number of halogens is 4. The van der Waals surface area contributed by atoms with Crippen LogP contribution in [0.5, 0.6) is 0 Å². The van der Waals surface area contributed by atoms with Crippen molar-refractivity contribution in [2.24, 2.45) is 0 Å². The van der Waals surface area contributed by atoms with Crippen LogP contribution in [-0.2, 0) is 0 Å². The van der Waals surface area contributed by atoms with Crippen LogP contribution in [-0.4, -0.2) is 4.98 Å². The van der Waals surface area contributed by atoms with Gasteiger partial charge in [0.15, 0.2) is 0 Å². The van der Waals surface area contributed by atoms with Crippen molar-refractivity contribution in [2.75, 3.05) is 0 Å². The maximum atomic E-state index is 9.50. The van der Waals surface area contributed by atoms with Gasteiger partial charge in [-0.15, -0.1) is 0 Å². The van der Waals surface area contributed by atoms with Gasteiger partial charge < -0.3 is 4.98 Å². The van der Waals surface area contributed by atoms with E-state index in [9.17, 15) is 5.26 Å². The molecule has 2 nitrogen and oxygen atoms in total. The highest BCUT2D eigenvalue weighted by Crippen LogP contribution is 2.40. The van der Waals surface area contributed by atoms with E-state index in [-0.39, 0.29) is 0 Å². The van der Waals surface area contributed by atoms with E-state index in [4.69, 9.17) is 34.8 Å². The van der Waals surface area contributed by atoms with Gasteiger partial charge in [-0.1, -0.05) is 58.7 Å². The second-order valence-corrected chi connectivity index (χ2v) is 7.94. The highest BCUT2D eigenvalue weighted by molar-refractivity contribution is 9.10. The number of rotatable bonds is 3. The monoisotopic (exact) mass is 456 g/mol. The lowest BCUT2D eigenvalue weighted by molar-refractivity contribution is 1.19. The van der Waals surface area contributed by atoms with Gasteiger partial charge in [-0.05, 0) is 51.8 Å². The molecule has 24 heavy (non-hydrogen) atoms. The van der Waals surface area contributed by atoms with E-state index in [1.165, 1.54) is 11.8 Å². The number of aromatic nitrogens is 1. The SMILES string of the molecule is N#Cc1c(-c2ccc(Cl)cc2)[nH]c(Sc2ccc(Cl)c(Cl)c2)c1Br. The Kier molecular flexibility index (Phi) is 5.49. The fraction of sp³-hybridized carbons (Fsp3) is 0. The van der Waals surface area contributed by atoms with Gasteiger partial charge in [-0.3, -0.25) is 0 Å². The van der Waals surface area contributed by atoms with Crippen LogP contribution in [0.2, 0.25) is 15.1 Å². The average molecular weight is 459 g/mol. The van der Waals surface area contributed by atoms with Gasteiger partial charge in [0, 0.05) is 9.92 Å². The van der Waals surface area contributed by atoms with Crippen molar-refractivity contribution >= 4 is 62.5 Å². The third-order valence-electron chi connectivity index (χ3n) is 3.26. The summed E-state index contributed by atoms with van der Waals surface area (Å²) < 4.78 is 0.714. The first-order valence-corrected chi connectivity index (χ1v) is 9.44. The molecule has 0 saturated carbocycles. The van der Waals surface area contributed by atoms with Crippen LogP contribution in [0, 0.1) is 11.3 Å². The average Bonchev–Trinajstić information content (AvgIpc) is 2.88. The number of nitrogens with one attached hydrogen (secondary N) is 1. The minimum atomic E-state index is 0.489. The van der Waals surface area contributed by atoms with Crippen LogP contribution < -0.4 is 0 Å². The van der Waals surface area contributed by atoms with Crippen LogP contribution in [0.15, 0.2) is 56.9 Å². The first-order valence-electron chi connectivity index (χ1n) is 6.70. The fourth-order valence-corrected chi connectivity index (χ4v) is 4.13. The summed E-state index contributed by atoms with van der Waals surface area (Å²) in [5.41, 5.74) is 2.17. The molecule has 0 saturated heterocycles. The predicted molar refractivity (Wildman–Crippen MR) is 104 cm³/mol. The van der Waals surface area contributed by atoms with E-state index in [1.54, 1.807) is 24.3 Å². The van der Waals surface area contributed by atoms with E-state index >= 15 is 0 Å². The number of hydrogen-bond acceptors (Lipinski definition) is 2. The summed E-state index contributed by atoms with van der Waals surface area (Å²) in [5, 5.41) is 12.0. The van der Waals surface area contributed by atoms with Gasteiger partial charge in [-0.25, -0.2) is 0 Å². The predicted octanol–water partition coefficient (Wildman–Crippen LogP) is 7.43. The van der Waals surface area contributed by atoms with Crippen molar-refractivity contribution in [3.05, 3.63) is 67.6 Å². The van der Waals surface area contributed by atoms with Gasteiger partial charge in [0.2, 0.25) is 0 Å². The molecule has 0 aliphatic heterocycles. The van der Waals surface area contributed by atoms with Crippen LogP contribution in [0.3, 0.4) is 0 Å². The van der Waals surface area contributed by atoms with Crippen molar-refractivity contribution in [3.63, 3.8) is 0 Å². The molecule has 3 aromatic rings. The van der Waals surface area contributed by atoms with Gasteiger partial charge in [0.05, 0.1) is 30.8 Å². The quantitative estimate of drug-likeness (QED) is 0.443. The summed E-state index contributed by atoms with van der Waals surface area (Å²) in [6.45, 7) is 0. The lowest BCUT2D eigenvalue weighted by atomic mass is 10.1. The maximum Gasteiger partial charge on any atom is 0.103 e. The summed E-state index contributed by atoms with van der Waals surface area (Å²) in [6.07, 6.45) is 0. The Balaban J connectivity index is 2.02. The van der Waals surface area contributed by atoms with E-state index in [0.29, 0.717) is 25.1 Å². The zero-order chi connectivity index (χ0) is 17.3. The molecule has 1 heterocycles. The minimum absolute atomic E-state index is 0.489. The second-order valence-electron chi connectivity index (χ2n) is 4.81. The Morgan fingerprint density at radius 2 is 1.71 bits per heavy atom. The maximum absolute atomic E-state index is 9.50. The Hall–Kier alpha value is -1.09. The Morgan fingerprint density at radius 1 is 1.00 bits per heavy atom. The van der Waals surface area contributed by atoms with Crippen molar-refractivity contribution in [2.45, 2.75) is 9.92 Å². The van der Waals surface area contributed by atoms with E-state index in [0.717, 1.165) is 21.2 Å². The number of nitriles is 1. The number of nitrogens with zero attached hydrogens (tertiary/aromatic N) is 1. The molecule has 0 atom stereocenters. The summed E-state index contributed by atoms with van der Waals surface area (Å²) >= 11 is 22.9. The Bertz CT molecular complexity index is 946. The van der Waals surface area contributed by atoms with Crippen LogP contribution >= 0.6 is 62.5 Å². The third-order valence-corrected chi connectivity index (χ3v) is 6.31. The molecule has 120 valence electrons. The Labute approximate surface area is 166 Å². The molecule has 0 bridgehead atoms. The summed E-state index contributed by atoms with van der Waals surface area (Å²) in [4.78, 5) is 4.21. The van der Waals surface area contributed by atoms with Gasteiger partial charge in [0.1, 0.15) is 6.07 Å². The third kappa shape index (κ3) is 3.61. The topological polar surface area (TPSA) is 39.6 Å². The lowest BCUT2D eigenvalue weighted by Gasteiger charge is -2.02. The number of aromatic amines is 1. The molecule has 1 aromatic heterocycles. The second kappa shape index (κ2) is 7.43. The van der Waals surface area contributed by atoms with E-state index in [2.05, 4.69) is 27.0 Å². The molecule has 3 rings (SSSR count). The van der Waals surface area contributed by atoms with Crippen molar-refractivity contribution < 1.29 is 0 Å². The van der Waals surface area contributed by atoms with Gasteiger partial charge in [0.25, 0.3) is 0 Å². The molecule has 7 heteroatoms. The number of benzene rings is 2. The van der Waals surface area contributed by atoms with Gasteiger partial charge in [-0.2, -0.15) is 5.26 Å². The molecular formula is C17H8BrCl3N2S. The lowest BCUT2D eigenvalue weighted by Crippen LogP contribution is -1.81. The summed E-state index contributed by atoms with van der Waals surface area (Å²) in [5.74, 6) is 0. The molecule has 0 spiro atoms. The molecule has 1 N–H and O–H groups in total. The largest absolute Gasteiger partial charge is 0.347 e. The summed E-state index contributed by atoms with van der Waals surface area (Å²) in [7, 11) is 0. The standard InChI is InChI=1S/C17H8BrCl3N2S/c18-15-12(8-22)16(9-1-3-10(19)4-2-9)23-17(15)24-11-5-6-13(20)14(21)7-11/h1-7,23H. The zero-order valence-electron chi connectivity index (χ0n) is 11.9. The first-order chi connectivity index (χ1) is 11.5. The van der Waals surface area contributed by atoms with Crippen LogP contribution in [0.1, 0.15) is 5.56 Å². The summed E-state index contributed by atoms with van der Waals surface area (Å²) in [6, 6.07) is 15.0. The Morgan fingerprint density at radius 3 is 2.33 bits per heavy atom. The molecule has 0 aliphatic carbocycles. The zero-order valence-corrected chi connectivity index (χ0v) is 16.6. The number of hydrogen-bond donors (Lipinski definition) is 1. The highest BCUT2D eigenvalue weighted by atomic mass is 79.9. The molecule has 0 amide bonds. The minimum Gasteiger partial charge on any atom is -0.347 e.